The first-order valence-corrected chi connectivity index (χ1v) is 7.27. The second-order valence-corrected chi connectivity index (χ2v) is 5.64. The van der Waals surface area contributed by atoms with Gasteiger partial charge in [-0.2, -0.15) is 0 Å². The molecule has 0 unspecified atom stereocenters. The summed E-state index contributed by atoms with van der Waals surface area (Å²) >= 11 is 0. The number of azide groups is 1. The highest BCUT2D eigenvalue weighted by Gasteiger charge is 2.32. The second kappa shape index (κ2) is 6.11. The van der Waals surface area contributed by atoms with Gasteiger partial charge in [0, 0.05) is 49.9 Å². The van der Waals surface area contributed by atoms with Crippen LogP contribution in [0.4, 0.5) is 5.82 Å². The molecule has 1 aromatic heterocycles. The molecular weight excluding hydrogens is 252 g/mol. The summed E-state index contributed by atoms with van der Waals surface area (Å²) in [4.78, 5) is 12.3. The van der Waals surface area contributed by atoms with Gasteiger partial charge in [-0.1, -0.05) is 11.2 Å². The second-order valence-electron chi connectivity index (χ2n) is 5.64. The minimum absolute atomic E-state index is 0.531. The number of fused-ring (bicyclic) bond motifs is 1. The third-order valence-corrected chi connectivity index (χ3v) is 4.38. The smallest absolute Gasteiger partial charge is 0.128 e. The average molecular weight is 272 g/mol. The zero-order valence-corrected chi connectivity index (χ0v) is 11.6. The van der Waals surface area contributed by atoms with Crippen LogP contribution in [0.2, 0.25) is 0 Å². The zero-order valence-electron chi connectivity index (χ0n) is 11.6. The number of rotatable bonds is 3. The van der Waals surface area contributed by atoms with Gasteiger partial charge < -0.3 is 4.90 Å². The standard InChI is InChI=1S/C14H20N6/c15-18-17-9-12-4-5-13-11-20(8-7-19(13)10-12)14-3-1-2-6-16-14/h1-3,6,12-13H,4-5,7-11H2/t12-,13-/m0/s1. The lowest BCUT2D eigenvalue weighted by atomic mass is 9.91. The molecule has 0 bridgehead atoms. The van der Waals surface area contributed by atoms with Gasteiger partial charge in [0.2, 0.25) is 0 Å². The molecule has 6 nitrogen and oxygen atoms in total. The lowest BCUT2D eigenvalue weighted by Gasteiger charge is -2.46. The molecule has 0 aliphatic carbocycles. The summed E-state index contributed by atoms with van der Waals surface area (Å²) in [6.45, 7) is 4.88. The number of piperidine rings is 1. The average Bonchev–Trinajstić information content (AvgIpc) is 2.53. The van der Waals surface area contributed by atoms with Gasteiger partial charge >= 0.3 is 0 Å². The molecule has 0 radical (unpaired) electrons. The molecule has 0 aromatic carbocycles. The van der Waals surface area contributed by atoms with E-state index in [1.54, 1.807) is 0 Å². The minimum Gasteiger partial charge on any atom is -0.354 e. The third kappa shape index (κ3) is 2.86. The Balaban J connectivity index is 1.59. The monoisotopic (exact) mass is 272 g/mol. The molecule has 0 amide bonds. The van der Waals surface area contributed by atoms with Crippen LogP contribution in [0.15, 0.2) is 29.5 Å². The molecule has 3 rings (SSSR count). The Labute approximate surface area is 119 Å². The van der Waals surface area contributed by atoms with Crippen molar-refractivity contribution in [3.05, 3.63) is 34.8 Å². The van der Waals surface area contributed by atoms with Crippen LogP contribution in [-0.2, 0) is 0 Å². The Hall–Kier alpha value is -1.78. The fourth-order valence-corrected chi connectivity index (χ4v) is 3.31. The molecule has 1 aromatic rings. The van der Waals surface area contributed by atoms with Crippen molar-refractivity contribution in [1.29, 1.82) is 0 Å². The van der Waals surface area contributed by atoms with Gasteiger partial charge in [-0.05, 0) is 36.4 Å². The summed E-state index contributed by atoms with van der Waals surface area (Å²) in [6, 6.07) is 6.71. The van der Waals surface area contributed by atoms with Gasteiger partial charge in [-0.3, -0.25) is 4.90 Å². The number of piperazine rings is 1. The molecule has 3 heterocycles. The van der Waals surface area contributed by atoms with Crippen LogP contribution in [0.25, 0.3) is 10.4 Å². The number of hydrogen-bond donors (Lipinski definition) is 0. The predicted molar refractivity (Wildman–Crippen MR) is 78.5 cm³/mol. The largest absolute Gasteiger partial charge is 0.354 e. The van der Waals surface area contributed by atoms with E-state index >= 15 is 0 Å². The molecule has 20 heavy (non-hydrogen) atoms. The Bertz CT molecular complexity index is 484. The zero-order chi connectivity index (χ0) is 13.8. The van der Waals surface area contributed by atoms with Crippen LogP contribution in [0.3, 0.4) is 0 Å². The SMILES string of the molecule is [N-]=[N+]=NC[C@@H]1CC[C@H]2CN(c3ccccn3)CCN2C1. The quantitative estimate of drug-likeness (QED) is 0.481. The number of hydrogen-bond acceptors (Lipinski definition) is 4. The van der Waals surface area contributed by atoms with Crippen molar-refractivity contribution in [3.8, 4) is 0 Å². The van der Waals surface area contributed by atoms with Gasteiger partial charge in [-0.25, -0.2) is 4.98 Å². The molecule has 2 saturated heterocycles. The van der Waals surface area contributed by atoms with Crippen molar-refractivity contribution in [2.75, 3.05) is 37.6 Å². The molecule has 2 aliphatic heterocycles. The molecule has 2 atom stereocenters. The van der Waals surface area contributed by atoms with Crippen LogP contribution >= 0.6 is 0 Å². The number of pyridine rings is 1. The van der Waals surface area contributed by atoms with Gasteiger partial charge in [-0.15, -0.1) is 0 Å². The summed E-state index contributed by atoms with van der Waals surface area (Å²) in [6.07, 6.45) is 4.21. The van der Waals surface area contributed by atoms with Crippen LogP contribution in [-0.4, -0.2) is 48.6 Å². The summed E-state index contributed by atoms with van der Waals surface area (Å²) in [5, 5.41) is 3.73. The highest BCUT2D eigenvalue weighted by atomic mass is 15.3. The number of anilines is 1. The Kier molecular flexibility index (Phi) is 4.04. The third-order valence-electron chi connectivity index (χ3n) is 4.38. The van der Waals surface area contributed by atoms with Crippen molar-refractivity contribution in [2.24, 2.45) is 11.0 Å². The van der Waals surface area contributed by atoms with Crippen molar-refractivity contribution in [1.82, 2.24) is 9.88 Å². The summed E-state index contributed by atoms with van der Waals surface area (Å²) in [5.41, 5.74) is 8.42. The summed E-state index contributed by atoms with van der Waals surface area (Å²) in [7, 11) is 0. The van der Waals surface area contributed by atoms with Gasteiger partial charge in [0.1, 0.15) is 5.82 Å². The first-order chi connectivity index (χ1) is 9.86. The van der Waals surface area contributed by atoms with E-state index in [-0.39, 0.29) is 0 Å². The lowest BCUT2D eigenvalue weighted by molar-refractivity contribution is 0.0982. The maximum atomic E-state index is 8.42. The van der Waals surface area contributed by atoms with Gasteiger partial charge in [0.15, 0.2) is 0 Å². The van der Waals surface area contributed by atoms with Gasteiger partial charge in [0.25, 0.3) is 0 Å². The van der Waals surface area contributed by atoms with E-state index in [2.05, 4.69) is 30.9 Å². The van der Waals surface area contributed by atoms with E-state index < -0.39 is 0 Å². The first kappa shape index (κ1) is 13.2. The van der Waals surface area contributed by atoms with E-state index in [1.807, 2.05) is 18.3 Å². The molecule has 106 valence electrons. The first-order valence-electron chi connectivity index (χ1n) is 7.27. The van der Waals surface area contributed by atoms with Crippen molar-refractivity contribution >= 4 is 5.82 Å². The maximum absolute atomic E-state index is 8.42. The van der Waals surface area contributed by atoms with Crippen LogP contribution < -0.4 is 4.90 Å². The molecule has 0 saturated carbocycles. The van der Waals surface area contributed by atoms with E-state index in [4.69, 9.17) is 5.53 Å². The minimum atomic E-state index is 0.531. The molecule has 6 heteroatoms. The summed E-state index contributed by atoms with van der Waals surface area (Å²) < 4.78 is 0. The summed E-state index contributed by atoms with van der Waals surface area (Å²) in [5.74, 6) is 1.62. The van der Waals surface area contributed by atoms with E-state index in [0.29, 0.717) is 18.5 Å². The van der Waals surface area contributed by atoms with E-state index in [1.165, 1.54) is 6.42 Å². The number of nitrogens with zero attached hydrogens (tertiary/aromatic N) is 6. The normalized spacial score (nSPS) is 26.7. The Morgan fingerprint density at radius 2 is 2.25 bits per heavy atom. The van der Waals surface area contributed by atoms with E-state index in [0.717, 1.165) is 38.4 Å². The molecule has 0 N–H and O–H groups in total. The van der Waals surface area contributed by atoms with Crippen molar-refractivity contribution in [2.45, 2.75) is 18.9 Å². The fourth-order valence-electron chi connectivity index (χ4n) is 3.31. The Morgan fingerprint density at radius 3 is 3.05 bits per heavy atom. The van der Waals surface area contributed by atoms with E-state index in [9.17, 15) is 0 Å². The predicted octanol–water partition coefficient (Wildman–Crippen LogP) is 2.29. The fraction of sp³-hybridized carbons (Fsp3) is 0.643. The molecule has 0 spiro atoms. The molecule has 2 fully saturated rings. The highest BCUT2D eigenvalue weighted by molar-refractivity contribution is 5.38. The lowest BCUT2D eigenvalue weighted by Crippen LogP contribution is -2.57. The van der Waals surface area contributed by atoms with Crippen molar-refractivity contribution < 1.29 is 0 Å². The van der Waals surface area contributed by atoms with Gasteiger partial charge in [0.05, 0.1) is 0 Å². The van der Waals surface area contributed by atoms with Crippen LogP contribution in [0, 0.1) is 5.92 Å². The van der Waals surface area contributed by atoms with Crippen LogP contribution in [0.1, 0.15) is 12.8 Å². The Morgan fingerprint density at radius 1 is 1.30 bits per heavy atom. The molecule has 2 aliphatic rings. The molecular formula is C14H20N6. The maximum Gasteiger partial charge on any atom is 0.128 e. The van der Waals surface area contributed by atoms with Crippen molar-refractivity contribution in [3.63, 3.8) is 0 Å². The number of aromatic nitrogens is 1. The topological polar surface area (TPSA) is 68.1 Å². The highest BCUT2D eigenvalue weighted by Crippen LogP contribution is 2.27. The van der Waals surface area contributed by atoms with Crippen LogP contribution in [0.5, 0.6) is 0 Å².